The van der Waals surface area contributed by atoms with Gasteiger partial charge in [-0.15, -0.1) is 0 Å². The first-order chi connectivity index (χ1) is 42.5. The Morgan fingerprint density at radius 1 is 0.307 bits per heavy atom. The van der Waals surface area contributed by atoms with Gasteiger partial charge in [0, 0.05) is 25.7 Å². The predicted molar refractivity (Wildman–Crippen MR) is 354 cm³/mol. The number of phosphoric acid groups is 2. The van der Waals surface area contributed by atoms with Crippen LogP contribution in [0.1, 0.15) is 356 Å². The lowest BCUT2D eigenvalue weighted by atomic mass is 10.0. The molecule has 2 unspecified atom stereocenters. The summed E-state index contributed by atoms with van der Waals surface area (Å²) in [5.41, 5.74) is 0. The van der Waals surface area contributed by atoms with Crippen molar-refractivity contribution in [2.75, 3.05) is 39.6 Å². The van der Waals surface area contributed by atoms with Crippen molar-refractivity contribution in [1.82, 2.24) is 0 Å². The lowest BCUT2D eigenvalue weighted by Crippen LogP contribution is -2.30. The van der Waals surface area contributed by atoms with E-state index in [1.165, 1.54) is 173 Å². The molecule has 0 heterocycles. The molecule has 0 aromatic heterocycles. The fraction of sp³-hybridized carbons (Fsp3) is 0.942. The maximum Gasteiger partial charge on any atom is 0.472 e. The molecule has 0 aromatic carbocycles. The van der Waals surface area contributed by atoms with Crippen molar-refractivity contribution in [3.05, 3.63) is 0 Å². The highest BCUT2D eigenvalue weighted by molar-refractivity contribution is 7.47. The van der Waals surface area contributed by atoms with E-state index in [2.05, 4.69) is 34.6 Å². The molecule has 0 rings (SSSR count). The van der Waals surface area contributed by atoms with Crippen molar-refractivity contribution in [3.8, 4) is 0 Å². The quantitative estimate of drug-likeness (QED) is 0.0222. The van der Waals surface area contributed by atoms with Crippen LogP contribution in [0.25, 0.3) is 0 Å². The van der Waals surface area contributed by atoms with Gasteiger partial charge in [-0.3, -0.25) is 37.3 Å². The molecule has 3 N–H and O–H groups in total. The van der Waals surface area contributed by atoms with Crippen LogP contribution in [0.2, 0.25) is 0 Å². The first-order valence-corrected chi connectivity index (χ1v) is 39.1. The van der Waals surface area contributed by atoms with E-state index in [-0.39, 0.29) is 25.7 Å². The first-order valence-electron chi connectivity index (χ1n) is 36.1. The Labute approximate surface area is 537 Å². The fourth-order valence-corrected chi connectivity index (χ4v) is 12.0. The van der Waals surface area contributed by atoms with Crippen LogP contribution in [0.3, 0.4) is 0 Å². The third-order valence-corrected chi connectivity index (χ3v) is 17.9. The molecule has 0 radical (unpaired) electrons. The van der Waals surface area contributed by atoms with E-state index in [1.807, 2.05) is 0 Å². The molecule has 0 aliphatic rings. The molecule has 0 aliphatic carbocycles. The van der Waals surface area contributed by atoms with Crippen LogP contribution in [0, 0.1) is 5.92 Å². The third-order valence-electron chi connectivity index (χ3n) is 16.0. The Morgan fingerprint density at radius 3 is 0.773 bits per heavy atom. The normalized spacial score (nSPS) is 14.1. The molecular formula is C69H134O17P2. The molecule has 0 saturated carbocycles. The van der Waals surface area contributed by atoms with Gasteiger partial charge in [0.2, 0.25) is 0 Å². The number of esters is 4. The largest absolute Gasteiger partial charge is 0.472 e. The number of unbranched alkanes of at least 4 members (excludes halogenated alkanes) is 41. The van der Waals surface area contributed by atoms with Gasteiger partial charge in [-0.05, 0) is 31.6 Å². The lowest BCUT2D eigenvalue weighted by molar-refractivity contribution is -0.161. The van der Waals surface area contributed by atoms with E-state index in [1.54, 1.807) is 0 Å². The molecule has 0 aromatic rings. The zero-order chi connectivity index (χ0) is 64.9. The Hall–Kier alpha value is -1.94. The predicted octanol–water partition coefficient (Wildman–Crippen LogP) is 19.7. The van der Waals surface area contributed by atoms with Gasteiger partial charge in [0.05, 0.1) is 26.4 Å². The van der Waals surface area contributed by atoms with Crippen molar-refractivity contribution in [1.29, 1.82) is 0 Å². The number of hydrogen-bond acceptors (Lipinski definition) is 15. The van der Waals surface area contributed by atoms with Gasteiger partial charge in [0.25, 0.3) is 0 Å². The second kappa shape index (κ2) is 62.5. The van der Waals surface area contributed by atoms with Crippen molar-refractivity contribution in [3.63, 3.8) is 0 Å². The minimum absolute atomic E-state index is 0.105. The molecule has 88 heavy (non-hydrogen) atoms. The van der Waals surface area contributed by atoms with Crippen LogP contribution in [0.4, 0.5) is 0 Å². The van der Waals surface area contributed by atoms with Gasteiger partial charge in [-0.2, -0.15) is 0 Å². The van der Waals surface area contributed by atoms with Gasteiger partial charge in [0.1, 0.15) is 19.3 Å². The molecule has 17 nitrogen and oxygen atoms in total. The topological polar surface area (TPSA) is 237 Å². The second-order valence-corrected chi connectivity index (χ2v) is 28.3. The maximum absolute atomic E-state index is 13.0. The maximum atomic E-state index is 13.0. The van der Waals surface area contributed by atoms with E-state index in [0.717, 1.165) is 102 Å². The molecule has 19 heteroatoms. The van der Waals surface area contributed by atoms with Crippen LogP contribution >= 0.6 is 15.6 Å². The van der Waals surface area contributed by atoms with Crippen LogP contribution in [-0.2, 0) is 65.4 Å². The summed E-state index contributed by atoms with van der Waals surface area (Å²) in [6, 6.07) is 0. The van der Waals surface area contributed by atoms with Gasteiger partial charge >= 0.3 is 39.5 Å². The molecule has 5 atom stereocenters. The number of aliphatic hydroxyl groups excluding tert-OH is 1. The Morgan fingerprint density at radius 2 is 0.523 bits per heavy atom. The monoisotopic (exact) mass is 1300 g/mol. The number of ether oxygens (including phenoxy) is 4. The molecule has 0 spiro atoms. The standard InChI is InChI=1S/C69H134O17P2/c1-6-9-12-15-17-19-21-23-25-27-29-34-38-43-48-53-67(72)80-59-65(86-69(74)54-49-44-39-35-30-28-26-24-22-20-18-16-13-10-7-2)61-84-88(77,78)82-57-63(70)56-81-87(75,76)83-60-64(58-79-66(71)52-47-41-14-11-8-3)85-68(73)55-50-45-40-36-32-31-33-37-42-46-51-62(4)5/h62-65,70H,6-61H2,1-5H3,(H,75,76)(H,77,78)/t63-,64+,65+/m0/s1. The third kappa shape index (κ3) is 62.8. The average Bonchev–Trinajstić information content (AvgIpc) is 3.64. The molecule has 0 amide bonds. The summed E-state index contributed by atoms with van der Waals surface area (Å²) < 4.78 is 68.1. The molecule has 0 aliphatic heterocycles. The van der Waals surface area contributed by atoms with Crippen molar-refractivity contribution in [2.24, 2.45) is 5.92 Å². The molecular weight excluding hydrogens is 1160 g/mol. The van der Waals surface area contributed by atoms with Crippen molar-refractivity contribution < 1.29 is 80.2 Å². The Kier molecular flexibility index (Phi) is 61.1. The number of hydrogen-bond donors (Lipinski definition) is 3. The fourth-order valence-electron chi connectivity index (χ4n) is 10.5. The highest BCUT2D eigenvalue weighted by atomic mass is 31.2. The Bertz CT molecular complexity index is 1700. The molecule has 0 saturated heterocycles. The van der Waals surface area contributed by atoms with Crippen molar-refractivity contribution >= 4 is 39.5 Å². The summed E-state index contributed by atoms with van der Waals surface area (Å²) in [6.07, 6.45) is 48.9. The van der Waals surface area contributed by atoms with E-state index in [0.29, 0.717) is 25.7 Å². The smallest absolute Gasteiger partial charge is 0.462 e. The minimum atomic E-state index is -4.95. The Balaban J connectivity index is 5.16. The van der Waals surface area contributed by atoms with Gasteiger partial charge < -0.3 is 33.8 Å². The molecule has 522 valence electrons. The van der Waals surface area contributed by atoms with Crippen LogP contribution in [-0.4, -0.2) is 96.7 Å². The van der Waals surface area contributed by atoms with E-state index in [9.17, 15) is 43.2 Å². The SMILES string of the molecule is CCCCCCCCCCCCCCCCCC(=O)OC[C@H](COP(=O)(O)OC[C@@H](O)COP(=O)(O)OC[C@@H](COC(=O)CCCCCCC)OC(=O)CCCCCCCCCCCCC(C)C)OC(=O)CCCCCCCCCCCCCCCCC. The first kappa shape index (κ1) is 86.1. The molecule has 0 fully saturated rings. The van der Waals surface area contributed by atoms with Crippen LogP contribution in [0.15, 0.2) is 0 Å². The second-order valence-electron chi connectivity index (χ2n) is 25.4. The number of rotatable bonds is 69. The van der Waals surface area contributed by atoms with Crippen LogP contribution in [0.5, 0.6) is 0 Å². The van der Waals surface area contributed by atoms with Crippen molar-refractivity contribution in [2.45, 2.75) is 374 Å². The zero-order valence-electron chi connectivity index (χ0n) is 56.9. The highest BCUT2D eigenvalue weighted by Crippen LogP contribution is 2.45. The summed E-state index contributed by atoms with van der Waals surface area (Å²) in [5.74, 6) is -1.38. The summed E-state index contributed by atoms with van der Waals surface area (Å²) in [7, 11) is -9.89. The summed E-state index contributed by atoms with van der Waals surface area (Å²) in [5, 5.41) is 10.6. The number of phosphoric ester groups is 2. The molecule has 0 bridgehead atoms. The zero-order valence-corrected chi connectivity index (χ0v) is 58.6. The van der Waals surface area contributed by atoms with Gasteiger partial charge in [-0.25, -0.2) is 9.13 Å². The van der Waals surface area contributed by atoms with E-state index in [4.69, 9.17) is 37.0 Å². The minimum Gasteiger partial charge on any atom is -0.462 e. The van der Waals surface area contributed by atoms with Gasteiger partial charge in [-0.1, -0.05) is 304 Å². The average molecular weight is 1300 g/mol. The van der Waals surface area contributed by atoms with E-state index < -0.39 is 97.5 Å². The number of carbonyl (C=O) groups is 4. The van der Waals surface area contributed by atoms with Gasteiger partial charge in [0.15, 0.2) is 12.2 Å². The number of aliphatic hydroxyl groups is 1. The summed E-state index contributed by atoms with van der Waals surface area (Å²) >= 11 is 0. The summed E-state index contributed by atoms with van der Waals surface area (Å²) in [4.78, 5) is 72.2. The number of carbonyl (C=O) groups excluding carboxylic acids is 4. The lowest BCUT2D eigenvalue weighted by Gasteiger charge is -2.21. The summed E-state index contributed by atoms with van der Waals surface area (Å²) in [6.45, 7) is 7.15. The van der Waals surface area contributed by atoms with Crippen LogP contribution < -0.4 is 0 Å². The highest BCUT2D eigenvalue weighted by Gasteiger charge is 2.30. The van der Waals surface area contributed by atoms with E-state index >= 15 is 0 Å².